The Morgan fingerprint density at radius 3 is 2.42 bits per heavy atom. The molecule has 108 valence electrons. The Hall–Kier alpha value is -1.21. The Balaban J connectivity index is 2.59. The number of ether oxygens (including phenoxy) is 1. The van der Waals surface area contributed by atoms with E-state index in [0.29, 0.717) is 26.1 Å². The Morgan fingerprint density at radius 2 is 1.95 bits per heavy atom. The fraction of sp³-hybridized carbons (Fsp3) is 0.750. The van der Waals surface area contributed by atoms with Crippen LogP contribution in [-0.2, 0) is 14.3 Å². The van der Waals surface area contributed by atoms with Crippen molar-refractivity contribution in [3.8, 4) is 0 Å². The highest BCUT2D eigenvalue weighted by molar-refractivity contribution is 7.80. The van der Waals surface area contributed by atoms with Gasteiger partial charge in [-0.3, -0.25) is 9.59 Å². The van der Waals surface area contributed by atoms with Gasteiger partial charge in [-0.25, -0.2) is 0 Å². The Labute approximate surface area is 118 Å². The summed E-state index contributed by atoms with van der Waals surface area (Å²) in [4.78, 5) is 23.9. The minimum Gasteiger partial charge on any atom is -0.392 e. The molecule has 0 radical (unpaired) electrons. The van der Waals surface area contributed by atoms with Crippen LogP contribution in [0, 0.1) is 5.41 Å². The molecule has 0 saturated carbocycles. The number of carbonyl (C=O) groups is 2. The molecule has 1 aliphatic rings. The molecule has 1 heterocycles. The predicted molar refractivity (Wildman–Crippen MR) is 75.6 cm³/mol. The highest BCUT2D eigenvalue weighted by Gasteiger charge is 2.42. The van der Waals surface area contributed by atoms with Crippen LogP contribution in [0.4, 0.5) is 0 Å². The third-order valence-corrected chi connectivity index (χ3v) is 3.50. The number of hydrogen-bond donors (Lipinski definition) is 3. The van der Waals surface area contributed by atoms with Crippen molar-refractivity contribution in [3.05, 3.63) is 0 Å². The van der Waals surface area contributed by atoms with Gasteiger partial charge in [-0.1, -0.05) is 12.2 Å². The molecule has 0 atom stereocenters. The number of nitrogens with one attached hydrogen (secondary N) is 2. The van der Waals surface area contributed by atoms with Crippen LogP contribution in [0.1, 0.15) is 26.7 Å². The molecule has 0 aromatic carbocycles. The van der Waals surface area contributed by atoms with E-state index in [0.717, 1.165) is 0 Å². The molecule has 6 nitrogen and oxygen atoms in total. The summed E-state index contributed by atoms with van der Waals surface area (Å²) >= 11 is 5.01. The van der Waals surface area contributed by atoms with Crippen LogP contribution >= 0.6 is 12.2 Å². The first kappa shape index (κ1) is 15.8. The Bertz CT molecular complexity index is 365. The van der Waals surface area contributed by atoms with Crippen LogP contribution in [0.2, 0.25) is 0 Å². The fourth-order valence-corrected chi connectivity index (χ4v) is 2.30. The fourth-order valence-electron chi connectivity index (χ4n) is 2.01. The van der Waals surface area contributed by atoms with Crippen molar-refractivity contribution in [1.29, 1.82) is 0 Å². The van der Waals surface area contributed by atoms with E-state index < -0.39 is 5.41 Å². The maximum Gasteiger partial charge on any atom is 0.239 e. The van der Waals surface area contributed by atoms with Gasteiger partial charge in [0.25, 0.3) is 0 Å². The van der Waals surface area contributed by atoms with Crippen LogP contribution in [0.25, 0.3) is 0 Å². The first-order valence-electron chi connectivity index (χ1n) is 6.34. The van der Waals surface area contributed by atoms with Crippen molar-refractivity contribution < 1.29 is 14.3 Å². The normalized spacial score (nSPS) is 17.8. The van der Waals surface area contributed by atoms with Gasteiger partial charge in [0.1, 0.15) is 5.41 Å². The maximum absolute atomic E-state index is 12.2. The number of nitrogens with two attached hydrogens (primary N) is 1. The molecular weight excluding hydrogens is 266 g/mol. The molecular formula is C12H21N3O3S. The molecule has 7 heteroatoms. The molecule has 0 aromatic heterocycles. The molecule has 0 bridgehead atoms. The zero-order valence-electron chi connectivity index (χ0n) is 11.3. The molecule has 1 fully saturated rings. The van der Waals surface area contributed by atoms with Crippen LogP contribution in [0.5, 0.6) is 0 Å². The highest BCUT2D eigenvalue weighted by atomic mass is 32.1. The molecule has 1 rings (SSSR count). The first-order valence-corrected chi connectivity index (χ1v) is 6.74. The number of amides is 2. The lowest BCUT2D eigenvalue weighted by atomic mass is 9.79. The molecule has 1 saturated heterocycles. The zero-order chi connectivity index (χ0) is 14.5. The SMILES string of the molecule is CC(C)NC(=O)CNC(=O)C1(C(N)=S)CCOCC1. The average Bonchev–Trinajstić information content (AvgIpc) is 2.35. The summed E-state index contributed by atoms with van der Waals surface area (Å²) in [5, 5.41) is 5.31. The third-order valence-electron chi connectivity index (χ3n) is 3.11. The molecule has 19 heavy (non-hydrogen) atoms. The van der Waals surface area contributed by atoms with E-state index >= 15 is 0 Å². The molecule has 0 spiro atoms. The lowest BCUT2D eigenvalue weighted by molar-refractivity contribution is -0.133. The number of thiocarbonyl (C=S) groups is 1. The van der Waals surface area contributed by atoms with Crippen molar-refractivity contribution in [2.75, 3.05) is 19.8 Å². The third kappa shape index (κ3) is 4.14. The predicted octanol–water partition coefficient (Wildman–Crippen LogP) is -0.290. The van der Waals surface area contributed by atoms with Gasteiger partial charge >= 0.3 is 0 Å². The van der Waals surface area contributed by atoms with E-state index in [2.05, 4.69) is 10.6 Å². The average molecular weight is 287 g/mol. The monoisotopic (exact) mass is 287 g/mol. The van der Waals surface area contributed by atoms with E-state index in [-0.39, 0.29) is 29.4 Å². The molecule has 4 N–H and O–H groups in total. The van der Waals surface area contributed by atoms with Gasteiger partial charge in [0.05, 0.1) is 11.5 Å². The van der Waals surface area contributed by atoms with Gasteiger partial charge in [0, 0.05) is 19.3 Å². The van der Waals surface area contributed by atoms with Gasteiger partial charge in [-0.15, -0.1) is 0 Å². The van der Waals surface area contributed by atoms with E-state index in [9.17, 15) is 9.59 Å². The maximum atomic E-state index is 12.2. The molecule has 0 aromatic rings. The number of rotatable bonds is 5. The molecule has 0 aliphatic carbocycles. The van der Waals surface area contributed by atoms with Gasteiger partial charge in [-0.05, 0) is 26.7 Å². The quantitative estimate of drug-likeness (QED) is 0.604. The van der Waals surface area contributed by atoms with Gasteiger partial charge in [-0.2, -0.15) is 0 Å². The van der Waals surface area contributed by atoms with Crippen LogP contribution in [-0.4, -0.2) is 42.6 Å². The summed E-state index contributed by atoms with van der Waals surface area (Å²) in [6.07, 6.45) is 0.917. The molecule has 2 amide bonds. The van der Waals surface area contributed by atoms with Crippen molar-refractivity contribution in [2.24, 2.45) is 11.1 Å². The minimum absolute atomic E-state index is 0.0389. The molecule has 1 aliphatic heterocycles. The topological polar surface area (TPSA) is 93.5 Å². The second-order valence-corrected chi connectivity index (χ2v) is 5.40. The minimum atomic E-state index is -0.883. The van der Waals surface area contributed by atoms with E-state index in [1.165, 1.54) is 0 Å². The summed E-state index contributed by atoms with van der Waals surface area (Å²) in [6.45, 7) is 4.54. The van der Waals surface area contributed by atoms with Crippen LogP contribution in [0.3, 0.4) is 0 Å². The van der Waals surface area contributed by atoms with Crippen molar-refractivity contribution in [2.45, 2.75) is 32.7 Å². The number of hydrogen-bond acceptors (Lipinski definition) is 4. The van der Waals surface area contributed by atoms with Gasteiger partial charge in [0.2, 0.25) is 11.8 Å². The summed E-state index contributed by atoms with van der Waals surface area (Å²) in [6, 6.07) is 0.0389. The van der Waals surface area contributed by atoms with Crippen molar-refractivity contribution in [3.63, 3.8) is 0 Å². The largest absolute Gasteiger partial charge is 0.392 e. The highest BCUT2D eigenvalue weighted by Crippen LogP contribution is 2.31. The first-order chi connectivity index (χ1) is 8.88. The van der Waals surface area contributed by atoms with E-state index in [4.69, 9.17) is 22.7 Å². The lowest BCUT2D eigenvalue weighted by Gasteiger charge is -2.34. The lowest BCUT2D eigenvalue weighted by Crippen LogP contribution is -2.53. The van der Waals surface area contributed by atoms with Crippen molar-refractivity contribution >= 4 is 29.0 Å². The zero-order valence-corrected chi connectivity index (χ0v) is 12.1. The summed E-state index contributed by atoms with van der Waals surface area (Å²) in [5.74, 6) is -0.518. The van der Waals surface area contributed by atoms with Gasteiger partial charge in [0.15, 0.2) is 0 Å². The summed E-state index contributed by atoms with van der Waals surface area (Å²) < 4.78 is 5.23. The Morgan fingerprint density at radius 1 is 1.37 bits per heavy atom. The smallest absolute Gasteiger partial charge is 0.239 e. The second-order valence-electron chi connectivity index (χ2n) is 4.96. The summed E-state index contributed by atoms with van der Waals surface area (Å²) in [5.41, 5.74) is 4.82. The number of carbonyl (C=O) groups excluding carboxylic acids is 2. The van der Waals surface area contributed by atoms with Crippen LogP contribution < -0.4 is 16.4 Å². The molecule has 0 unspecified atom stereocenters. The summed E-state index contributed by atoms with van der Waals surface area (Å²) in [7, 11) is 0. The Kier molecular flexibility index (Phi) is 5.68. The van der Waals surface area contributed by atoms with Gasteiger partial charge < -0.3 is 21.1 Å². The van der Waals surface area contributed by atoms with Crippen molar-refractivity contribution in [1.82, 2.24) is 10.6 Å². The van der Waals surface area contributed by atoms with E-state index in [1.54, 1.807) is 0 Å². The van der Waals surface area contributed by atoms with Crippen LogP contribution in [0.15, 0.2) is 0 Å². The van der Waals surface area contributed by atoms with E-state index in [1.807, 2.05) is 13.8 Å². The standard InChI is InChI=1S/C12H21N3O3S/c1-8(2)15-9(16)7-14-11(17)12(10(13)19)3-5-18-6-4-12/h8H,3-7H2,1-2H3,(H2,13,19)(H,14,17)(H,15,16). The second kappa shape index (κ2) is 6.81.